The number of amides is 2. The molecule has 2 amide bonds. The number of anilines is 1. The van der Waals surface area contributed by atoms with Crippen LogP contribution in [0.2, 0.25) is 0 Å². The van der Waals surface area contributed by atoms with Gasteiger partial charge in [0.05, 0.1) is 17.2 Å². The lowest BCUT2D eigenvalue weighted by atomic mass is 10.0. The maximum atomic E-state index is 14.3. The van der Waals surface area contributed by atoms with Crippen LogP contribution in [0.1, 0.15) is 18.1 Å². The average molecular weight is 632 g/mol. The number of likely N-dealkylation sites (N-methyl/N-ethyl adjacent to an activating group) is 1. The van der Waals surface area contributed by atoms with Crippen molar-refractivity contribution in [1.82, 2.24) is 10.2 Å². The summed E-state index contributed by atoms with van der Waals surface area (Å²) in [6.07, 6.45) is 2.17. The summed E-state index contributed by atoms with van der Waals surface area (Å²) in [4.78, 5) is 30.1. The number of carbonyl (C=O) groups excluding carboxylic acids is 2. The van der Waals surface area contributed by atoms with Crippen molar-refractivity contribution in [3.8, 4) is 5.75 Å². The van der Waals surface area contributed by atoms with Gasteiger partial charge in [0, 0.05) is 24.9 Å². The summed E-state index contributed by atoms with van der Waals surface area (Å²) in [6, 6.07) is 31.0. The first-order valence-corrected chi connectivity index (χ1v) is 16.9. The molecule has 0 aliphatic rings. The third-order valence-corrected chi connectivity index (χ3v) is 9.61. The first-order valence-electron chi connectivity index (χ1n) is 14.3. The minimum absolute atomic E-state index is 0.0544. The van der Waals surface area contributed by atoms with Gasteiger partial charge >= 0.3 is 0 Å². The lowest BCUT2D eigenvalue weighted by Gasteiger charge is -2.33. The van der Waals surface area contributed by atoms with Gasteiger partial charge in [-0.15, -0.1) is 11.8 Å². The van der Waals surface area contributed by atoms with Crippen molar-refractivity contribution in [3.63, 3.8) is 0 Å². The van der Waals surface area contributed by atoms with Gasteiger partial charge in [-0.2, -0.15) is 0 Å². The number of ether oxygens (including phenoxy) is 1. The molecule has 0 saturated heterocycles. The summed E-state index contributed by atoms with van der Waals surface area (Å²) >= 11 is 1.50. The van der Waals surface area contributed by atoms with E-state index < -0.39 is 28.5 Å². The van der Waals surface area contributed by atoms with Crippen molar-refractivity contribution in [2.45, 2.75) is 35.7 Å². The Morgan fingerprint density at radius 2 is 1.43 bits per heavy atom. The standard InChI is InChI=1S/C34H37N3O5S2/c1-4-42-29-17-15-28(16-18-29)37(44(40,41)31-21-19-30(43-3)20-22-31)25-33(38)36(24-27-13-9-6-10-14-27)32(34(39)35-2)23-26-11-7-5-8-12-26/h5-22,32H,4,23-25H2,1-3H3,(H,35,39). The second-order valence-corrected chi connectivity index (χ2v) is 12.7. The lowest BCUT2D eigenvalue weighted by molar-refractivity contribution is -0.139. The largest absolute Gasteiger partial charge is 0.494 e. The summed E-state index contributed by atoms with van der Waals surface area (Å²) in [5, 5.41) is 2.70. The summed E-state index contributed by atoms with van der Waals surface area (Å²) in [5.74, 6) is -0.282. The number of rotatable bonds is 14. The third-order valence-electron chi connectivity index (χ3n) is 7.08. The molecule has 0 saturated carbocycles. The van der Waals surface area contributed by atoms with Crippen LogP contribution in [0, 0.1) is 0 Å². The van der Waals surface area contributed by atoms with Crippen LogP contribution in [0.15, 0.2) is 119 Å². The van der Waals surface area contributed by atoms with Crippen LogP contribution in [-0.2, 0) is 32.6 Å². The highest BCUT2D eigenvalue weighted by atomic mass is 32.2. The summed E-state index contributed by atoms with van der Waals surface area (Å²) in [6.45, 7) is 1.92. The molecule has 4 rings (SSSR count). The molecule has 1 atom stereocenters. The Morgan fingerprint density at radius 1 is 0.841 bits per heavy atom. The van der Waals surface area contributed by atoms with E-state index in [1.54, 1.807) is 36.4 Å². The molecule has 1 unspecified atom stereocenters. The smallest absolute Gasteiger partial charge is 0.264 e. The Bertz CT molecular complexity index is 1620. The Labute approximate surface area is 264 Å². The van der Waals surface area contributed by atoms with E-state index >= 15 is 0 Å². The van der Waals surface area contributed by atoms with Gasteiger partial charge in [0.1, 0.15) is 18.3 Å². The molecule has 4 aromatic carbocycles. The molecular formula is C34H37N3O5S2. The molecule has 0 fully saturated rings. The van der Waals surface area contributed by atoms with Crippen molar-refractivity contribution in [1.29, 1.82) is 0 Å². The van der Waals surface area contributed by atoms with Gasteiger partial charge in [-0.05, 0) is 72.8 Å². The molecule has 0 spiro atoms. The Kier molecular flexibility index (Phi) is 11.5. The highest BCUT2D eigenvalue weighted by Gasteiger charge is 2.34. The van der Waals surface area contributed by atoms with E-state index in [-0.39, 0.29) is 23.8 Å². The quantitative estimate of drug-likeness (QED) is 0.188. The van der Waals surface area contributed by atoms with Crippen LogP contribution in [0.5, 0.6) is 5.75 Å². The Hall–Kier alpha value is -4.28. The van der Waals surface area contributed by atoms with Crippen LogP contribution in [0.4, 0.5) is 5.69 Å². The van der Waals surface area contributed by atoms with Crippen molar-refractivity contribution in [2.24, 2.45) is 0 Å². The Morgan fingerprint density at radius 3 is 1.98 bits per heavy atom. The number of benzene rings is 4. The van der Waals surface area contributed by atoms with E-state index in [4.69, 9.17) is 4.74 Å². The molecule has 0 aromatic heterocycles. The minimum atomic E-state index is -4.18. The van der Waals surface area contributed by atoms with E-state index in [2.05, 4.69) is 5.32 Å². The molecule has 8 nitrogen and oxygen atoms in total. The van der Waals surface area contributed by atoms with Gasteiger partial charge in [-0.1, -0.05) is 60.7 Å². The number of sulfonamides is 1. The number of thioether (sulfide) groups is 1. The molecule has 230 valence electrons. The van der Waals surface area contributed by atoms with Gasteiger partial charge in [0.2, 0.25) is 11.8 Å². The fourth-order valence-electron chi connectivity index (χ4n) is 4.78. The molecule has 4 aromatic rings. The number of carbonyl (C=O) groups is 2. The minimum Gasteiger partial charge on any atom is -0.494 e. The van der Waals surface area contributed by atoms with E-state index in [0.29, 0.717) is 18.0 Å². The molecule has 1 N–H and O–H groups in total. The van der Waals surface area contributed by atoms with Crippen LogP contribution >= 0.6 is 11.8 Å². The van der Waals surface area contributed by atoms with E-state index in [0.717, 1.165) is 20.3 Å². The lowest BCUT2D eigenvalue weighted by Crippen LogP contribution is -2.53. The maximum absolute atomic E-state index is 14.3. The molecule has 0 heterocycles. The highest BCUT2D eigenvalue weighted by Crippen LogP contribution is 2.28. The predicted octanol–water partition coefficient (Wildman–Crippen LogP) is 5.39. The average Bonchev–Trinajstić information content (AvgIpc) is 3.06. The topological polar surface area (TPSA) is 96.0 Å². The number of hydrogen-bond donors (Lipinski definition) is 1. The maximum Gasteiger partial charge on any atom is 0.264 e. The van der Waals surface area contributed by atoms with Crippen molar-refractivity contribution < 1.29 is 22.7 Å². The molecule has 0 aliphatic carbocycles. The second-order valence-electron chi connectivity index (χ2n) is 9.94. The van der Waals surface area contributed by atoms with Gasteiger partial charge < -0.3 is 15.0 Å². The summed E-state index contributed by atoms with van der Waals surface area (Å²) < 4.78 is 35.0. The molecule has 0 radical (unpaired) electrons. The zero-order chi connectivity index (χ0) is 31.5. The summed E-state index contributed by atoms with van der Waals surface area (Å²) in [7, 11) is -2.65. The number of hydrogen-bond acceptors (Lipinski definition) is 6. The monoisotopic (exact) mass is 631 g/mol. The first-order chi connectivity index (χ1) is 21.3. The summed E-state index contributed by atoms with van der Waals surface area (Å²) in [5.41, 5.74) is 1.98. The van der Waals surface area contributed by atoms with Gasteiger partial charge in [0.25, 0.3) is 10.0 Å². The second kappa shape index (κ2) is 15.4. The van der Waals surface area contributed by atoms with Crippen molar-refractivity contribution in [2.75, 3.05) is 30.8 Å². The van der Waals surface area contributed by atoms with Crippen LogP contribution in [-0.4, -0.2) is 57.6 Å². The van der Waals surface area contributed by atoms with E-state index in [1.165, 1.54) is 35.8 Å². The van der Waals surface area contributed by atoms with Crippen LogP contribution in [0.3, 0.4) is 0 Å². The van der Waals surface area contributed by atoms with Gasteiger partial charge in [0.15, 0.2) is 0 Å². The molecule has 10 heteroatoms. The zero-order valence-corrected chi connectivity index (χ0v) is 26.7. The predicted molar refractivity (Wildman–Crippen MR) is 175 cm³/mol. The molecular weight excluding hydrogens is 595 g/mol. The van der Waals surface area contributed by atoms with Crippen molar-refractivity contribution in [3.05, 3.63) is 120 Å². The van der Waals surface area contributed by atoms with Gasteiger partial charge in [-0.25, -0.2) is 8.42 Å². The zero-order valence-electron chi connectivity index (χ0n) is 25.1. The number of nitrogens with zero attached hydrogens (tertiary/aromatic N) is 2. The molecule has 44 heavy (non-hydrogen) atoms. The third kappa shape index (κ3) is 8.21. The van der Waals surface area contributed by atoms with Crippen LogP contribution in [0.25, 0.3) is 0 Å². The van der Waals surface area contributed by atoms with E-state index in [9.17, 15) is 18.0 Å². The van der Waals surface area contributed by atoms with Crippen molar-refractivity contribution >= 4 is 39.3 Å². The van der Waals surface area contributed by atoms with Crippen LogP contribution < -0.4 is 14.4 Å². The number of nitrogens with one attached hydrogen (secondary N) is 1. The first kappa shape index (κ1) is 32.6. The fraction of sp³-hybridized carbons (Fsp3) is 0.235. The fourth-order valence-corrected chi connectivity index (χ4v) is 6.60. The van der Waals surface area contributed by atoms with Gasteiger partial charge in [-0.3, -0.25) is 13.9 Å². The molecule has 0 bridgehead atoms. The van der Waals surface area contributed by atoms with E-state index in [1.807, 2.05) is 73.8 Å². The molecule has 0 aliphatic heterocycles. The highest BCUT2D eigenvalue weighted by molar-refractivity contribution is 7.98. The SMILES string of the molecule is CCOc1ccc(N(CC(=O)N(Cc2ccccc2)C(Cc2ccccc2)C(=O)NC)S(=O)(=O)c2ccc(SC)cc2)cc1. The Balaban J connectivity index is 1.77. The normalized spacial score (nSPS) is 11.8.